The number of carbonyl (C=O) groups excluding carboxylic acids is 1. The standard InChI is InChI=1S/C25H25ClN6O2S/c1-16-14-17(2)29-25(28-16)35-15-21-23(30-31-32(21)20-10-8-19(26)9-11-20)24(33)27-13-12-18-6-4-5-7-22(18)34-3/h4-11,14H,12-13,15H2,1-3H3,(H,27,33). The van der Waals surface area contributed by atoms with Gasteiger partial charge in [0.15, 0.2) is 10.9 Å². The van der Waals surface area contributed by atoms with Crippen LogP contribution in [-0.2, 0) is 12.2 Å². The molecule has 2 aromatic carbocycles. The van der Waals surface area contributed by atoms with E-state index in [4.69, 9.17) is 16.3 Å². The number of methoxy groups -OCH3 is 1. The number of ether oxygens (including phenoxy) is 1. The van der Waals surface area contributed by atoms with E-state index in [1.165, 1.54) is 11.8 Å². The van der Waals surface area contributed by atoms with Gasteiger partial charge in [0, 0.05) is 28.7 Å². The predicted octanol–water partition coefficient (Wildman–Crippen LogP) is 4.60. The summed E-state index contributed by atoms with van der Waals surface area (Å²) in [6.45, 7) is 4.29. The van der Waals surface area contributed by atoms with Crippen LogP contribution in [0.5, 0.6) is 5.75 Å². The van der Waals surface area contributed by atoms with E-state index in [1.807, 2.05) is 56.3 Å². The van der Waals surface area contributed by atoms with Crippen LogP contribution >= 0.6 is 23.4 Å². The Morgan fingerprint density at radius 1 is 1.09 bits per heavy atom. The average molecular weight is 509 g/mol. The van der Waals surface area contributed by atoms with Crippen LogP contribution in [0.4, 0.5) is 0 Å². The van der Waals surface area contributed by atoms with Gasteiger partial charge in [-0.15, -0.1) is 5.10 Å². The lowest BCUT2D eigenvalue weighted by molar-refractivity contribution is 0.0948. The number of carbonyl (C=O) groups is 1. The molecule has 0 radical (unpaired) electrons. The Morgan fingerprint density at radius 3 is 2.51 bits per heavy atom. The molecule has 0 saturated carbocycles. The predicted molar refractivity (Wildman–Crippen MR) is 136 cm³/mol. The summed E-state index contributed by atoms with van der Waals surface area (Å²) < 4.78 is 7.05. The number of benzene rings is 2. The first-order valence-corrected chi connectivity index (χ1v) is 12.4. The van der Waals surface area contributed by atoms with Gasteiger partial charge in [0.25, 0.3) is 5.91 Å². The molecule has 0 unspecified atom stereocenters. The number of nitrogens with zero attached hydrogens (tertiary/aromatic N) is 5. The number of nitrogens with one attached hydrogen (secondary N) is 1. The second kappa shape index (κ2) is 11.3. The fourth-order valence-corrected chi connectivity index (χ4v) is 4.66. The molecule has 0 saturated heterocycles. The van der Waals surface area contributed by atoms with Crippen LogP contribution < -0.4 is 10.1 Å². The fraction of sp³-hybridized carbons (Fsp3) is 0.240. The fourth-order valence-electron chi connectivity index (χ4n) is 3.59. The molecule has 10 heteroatoms. The quantitative estimate of drug-likeness (QED) is 0.261. The van der Waals surface area contributed by atoms with E-state index in [0.717, 1.165) is 28.4 Å². The number of rotatable bonds is 9. The van der Waals surface area contributed by atoms with Gasteiger partial charge in [0.1, 0.15) is 5.75 Å². The second-order valence-corrected chi connectivity index (χ2v) is 9.19. The van der Waals surface area contributed by atoms with Crippen LogP contribution in [-0.4, -0.2) is 44.5 Å². The zero-order valence-corrected chi connectivity index (χ0v) is 21.2. The van der Waals surface area contributed by atoms with Gasteiger partial charge >= 0.3 is 0 Å². The normalized spacial score (nSPS) is 10.9. The summed E-state index contributed by atoms with van der Waals surface area (Å²) in [6.07, 6.45) is 0.627. The lowest BCUT2D eigenvalue weighted by atomic mass is 10.1. The van der Waals surface area contributed by atoms with Gasteiger partial charge in [-0.1, -0.05) is 46.8 Å². The van der Waals surface area contributed by atoms with Gasteiger partial charge in [-0.3, -0.25) is 4.79 Å². The monoisotopic (exact) mass is 508 g/mol. The van der Waals surface area contributed by atoms with Crippen molar-refractivity contribution in [1.82, 2.24) is 30.3 Å². The lowest BCUT2D eigenvalue weighted by Gasteiger charge is -2.10. The number of para-hydroxylation sites is 1. The molecule has 0 spiro atoms. The molecular formula is C25H25ClN6O2S. The molecule has 180 valence electrons. The third-order valence-electron chi connectivity index (χ3n) is 5.22. The smallest absolute Gasteiger partial charge is 0.273 e. The van der Waals surface area contributed by atoms with Crippen LogP contribution in [0.2, 0.25) is 5.02 Å². The molecule has 4 rings (SSSR count). The molecule has 2 aromatic heterocycles. The third kappa shape index (κ3) is 6.17. The summed E-state index contributed by atoms with van der Waals surface area (Å²) in [5, 5.41) is 12.7. The number of aromatic nitrogens is 5. The van der Waals surface area contributed by atoms with E-state index < -0.39 is 0 Å². The highest BCUT2D eigenvalue weighted by Gasteiger charge is 2.21. The van der Waals surface area contributed by atoms with Crippen molar-refractivity contribution in [2.45, 2.75) is 31.2 Å². The largest absolute Gasteiger partial charge is 0.496 e. The van der Waals surface area contributed by atoms with E-state index >= 15 is 0 Å². The Kier molecular flexibility index (Phi) is 7.99. The minimum Gasteiger partial charge on any atom is -0.496 e. The van der Waals surface area contributed by atoms with Crippen LogP contribution in [0.3, 0.4) is 0 Å². The first-order chi connectivity index (χ1) is 16.9. The van der Waals surface area contributed by atoms with Gasteiger partial charge < -0.3 is 10.1 Å². The van der Waals surface area contributed by atoms with E-state index in [1.54, 1.807) is 23.9 Å². The van der Waals surface area contributed by atoms with Gasteiger partial charge in [0.2, 0.25) is 0 Å². The van der Waals surface area contributed by atoms with Crippen molar-refractivity contribution in [2.24, 2.45) is 0 Å². The van der Waals surface area contributed by atoms with Crippen molar-refractivity contribution in [2.75, 3.05) is 13.7 Å². The number of hydrogen-bond donors (Lipinski definition) is 1. The highest BCUT2D eigenvalue weighted by atomic mass is 35.5. The molecule has 1 amide bonds. The maximum absolute atomic E-state index is 13.1. The van der Waals surface area contributed by atoms with Crippen LogP contribution in [0.25, 0.3) is 5.69 Å². The summed E-state index contributed by atoms with van der Waals surface area (Å²) in [5.41, 5.74) is 4.46. The lowest BCUT2D eigenvalue weighted by Crippen LogP contribution is -2.27. The molecule has 4 aromatic rings. The maximum Gasteiger partial charge on any atom is 0.273 e. The van der Waals surface area contributed by atoms with E-state index in [-0.39, 0.29) is 11.6 Å². The molecule has 2 heterocycles. The Balaban J connectivity index is 1.55. The first-order valence-electron chi connectivity index (χ1n) is 11.0. The molecule has 0 atom stereocenters. The molecule has 0 bridgehead atoms. The molecule has 0 aliphatic heterocycles. The van der Waals surface area contributed by atoms with Gasteiger partial charge in [-0.25, -0.2) is 14.6 Å². The summed E-state index contributed by atoms with van der Waals surface area (Å²) in [6, 6.07) is 16.9. The summed E-state index contributed by atoms with van der Waals surface area (Å²) in [5.74, 6) is 0.909. The number of thioether (sulfide) groups is 1. The Morgan fingerprint density at radius 2 is 1.80 bits per heavy atom. The molecule has 1 N–H and O–H groups in total. The molecule has 0 fully saturated rings. The second-order valence-electron chi connectivity index (χ2n) is 7.81. The van der Waals surface area contributed by atoms with Crippen LogP contribution in [0, 0.1) is 13.8 Å². The van der Waals surface area contributed by atoms with Gasteiger partial charge in [-0.05, 0) is 62.2 Å². The Bertz CT molecular complexity index is 1310. The zero-order valence-electron chi connectivity index (χ0n) is 19.7. The highest BCUT2D eigenvalue weighted by Crippen LogP contribution is 2.24. The Hall–Kier alpha value is -3.43. The molecule has 35 heavy (non-hydrogen) atoms. The van der Waals surface area contributed by atoms with E-state index in [2.05, 4.69) is 25.6 Å². The van der Waals surface area contributed by atoms with Crippen LogP contribution in [0.15, 0.2) is 59.8 Å². The van der Waals surface area contributed by atoms with E-state index in [0.29, 0.717) is 34.6 Å². The summed E-state index contributed by atoms with van der Waals surface area (Å²) >= 11 is 7.49. The maximum atomic E-state index is 13.1. The minimum atomic E-state index is -0.294. The van der Waals surface area contributed by atoms with Crippen molar-refractivity contribution in [3.8, 4) is 11.4 Å². The van der Waals surface area contributed by atoms with Crippen molar-refractivity contribution in [1.29, 1.82) is 0 Å². The minimum absolute atomic E-state index is 0.261. The van der Waals surface area contributed by atoms with Gasteiger partial charge in [0.05, 0.1) is 18.5 Å². The summed E-state index contributed by atoms with van der Waals surface area (Å²) in [7, 11) is 1.63. The molecule has 0 aliphatic carbocycles. The highest BCUT2D eigenvalue weighted by molar-refractivity contribution is 7.98. The average Bonchev–Trinajstić information content (AvgIpc) is 3.27. The van der Waals surface area contributed by atoms with Crippen molar-refractivity contribution < 1.29 is 9.53 Å². The number of halogens is 1. The number of aryl methyl sites for hydroxylation is 2. The SMILES string of the molecule is COc1ccccc1CCNC(=O)c1nnn(-c2ccc(Cl)cc2)c1CSc1nc(C)cc(C)n1. The summed E-state index contributed by atoms with van der Waals surface area (Å²) in [4.78, 5) is 22.1. The van der Waals surface area contributed by atoms with Crippen LogP contribution in [0.1, 0.15) is 33.1 Å². The first kappa shape index (κ1) is 24.7. The van der Waals surface area contributed by atoms with Crippen molar-refractivity contribution in [3.63, 3.8) is 0 Å². The third-order valence-corrected chi connectivity index (χ3v) is 6.33. The van der Waals surface area contributed by atoms with Crippen molar-refractivity contribution in [3.05, 3.63) is 88.0 Å². The molecular weight excluding hydrogens is 484 g/mol. The van der Waals surface area contributed by atoms with Gasteiger partial charge in [-0.2, -0.15) is 0 Å². The van der Waals surface area contributed by atoms with E-state index in [9.17, 15) is 4.79 Å². The van der Waals surface area contributed by atoms with Crippen molar-refractivity contribution >= 4 is 29.3 Å². The number of amides is 1. The zero-order chi connectivity index (χ0) is 24.8. The molecule has 8 nitrogen and oxygen atoms in total. The topological polar surface area (TPSA) is 94.8 Å². The number of hydrogen-bond acceptors (Lipinski definition) is 7. The Labute approximate surface area is 213 Å². The molecule has 0 aliphatic rings.